The summed E-state index contributed by atoms with van der Waals surface area (Å²) >= 11 is 0. The molecule has 5 heteroatoms. The fraction of sp³-hybridized carbons (Fsp3) is 0.0769. The third-order valence-electron chi connectivity index (χ3n) is 2.50. The van der Waals surface area contributed by atoms with Crippen molar-refractivity contribution in [2.24, 2.45) is 0 Å². The van der Waals surface area contributed by atoms with Crippen LogP contribution in [0.15, 0.2) is 53.4 Å². The van der Waals surface area contributed by atoms with Gasteiger partial charge in [-0.05, 0) is 23.3 Å². The van der Waals surface area contributed by atoms with Crippen LogP contribution in [0.25, 0.3) is 11.1 Å². The number of hydrogen-bond acceptors (Lipinski definition) is 3. The number of benzene rings is 2. The standard InChI is InChI=1S/C13H11ClO3S/c1-17-12-7-11(10-5-3-2-4-6-10)8-13(9-12)18(14,15)16/h2-9H,1H3. The summed E-state index contributed by atoms with van der Waals surface area (Å²) in [6.07, 6.45) is 0. The Labute approximate surface area is 110 Å². The lowest BCUT2D eigenvalue weighted by Crippen LogP contribution is -1.93. The average molecular weight is 283 g/mol. The molecule has 0 saturated heterocycles. The largest absolute Gasteiger partial charge is 0.497 e. The van der Waals surface area contributed by atoms with Gasteiger partial charge in [0.1, 0.15) is 5.75 Å². The van der Waals surface area contributed by atoms with Gasteiger partial charge in [-0.1, -0.05) is 30.3 Å². The summed E-state index contributed by atoms with van der Waals surface area (Å²) in [5, 5.41) is 0. The maximum atomic E-state index is 11.4. The van der Waals surface area contributed by atoms with Gasteiger partial charge in [0, 0.05) is 16.7 Å². The molecule has 3 nitrogen and oxygen atoms in total. The smallest absolute Gasteiger partial charge is 0.261 e. The zero-order valence-electron chi connectivity index (χ0n) is 9.63. The van der Waals surface area contributed by atoms with Gasteiger partial charge in [0.25, 0.3) is 9.05 Å². The number of halogens is 1. The van der Waals surface area contributed by atoms with E-state index in [4.69, 9.17) is 15.4 Å². The van der Waals surface area contributed by atoms with Crippen LogP contribution in [0.5, 0.6) is 5.75 Å². The maximum absolute atomic E-state index is 11.4. The van der Waals surface area contributed by atoms with Crippen molar-refractivity contribution in [2.45, 2.75) is 4.90 Å². The molecule has 0 unspecified atom stereocenters. The highest BCUT2D eigenvalue weighted by Gasteiger charge is 2.13. The third kappa shape index (κ3) is 2.83. The predicted octanol–water partition coefficient (Wildman–Crippen LogP) is 3.29. The molecule has 0 atom stereocenters. The molecule has 0 heterocycles. The minimum absolute atomic E-state index is 0.0300. The van der Waals surface area contributed by atoms with E-state index in [0.717, 1.165) is 11.1 Å². The van der Waals surface area contributed by atoms with E-state index in [1.54, 1.807) is 6.07 Å². The van der Waals surface area contributed by atoms with E-state index >= 15 is 0 Å². The van der Waals surface area contributed by atoms with E-state index in [2.05, 4.69) is 0 Å². The molecule has 0 aromatic heterocycles. The van der Waals surface area contributed by atoms with Gasteiger partial charge >= 0.3 is 0 Å². The van der Waals surface area contributed by atoms with Crippen LogP contribution in [-0.2, 0) is 9.05 Å². The fourth-order valence-electron chi connectivity index (χ4n) is 1.63. The Kier molecular flexibility index (Phi) is 3.59. The van der Waals surface area contributed by atoms with Gasteiger partial charge < -0.3 is 4.74 Å². The highest BCUT2D eigenvalue weighted by Crippen LogP contribution is 2.29. The second kappa shape index (κ2) is 5.00. The third-order valence-corrected chi connectivity index (χ3v) is 3.84. The van der Waals surface area contributed by atoms with Crippen LogP contribution in [0.2, 0.25) is 0 Å². The monoisotopic (exact) mass is 282 g/mol. The van der Waals surface area contributed by atoms with Crippen LogP contribution in [-0.4, -0.2) is 15.5 Å². The lowest BCUT2D eigenvalue weighted by Gasteiger charge is -2.07. The molecule has 2 aromatic carbocycles. The molecule has 2 aromatic rings. The number of ether oxygens (including phenoxy) is 1. The van der Waals surface area contributed by atoms with E-state index < -0.39 is 9.05 Å². The van der Waals surface area contributed by atoms with Crippen LogP contribution in [0, 0.1) is 0 Å². The fourth-order valence-corrected chi connectivity index (χ4v) is 2.42. The van der Waals surface area contributed by atoms with Crippen molar-refractivity contribution < 1.29 is 13.2 Å². The molecule has 2 rings (SSSR count). The van der Waals surface area contributed by atoms with E-state index in [9.17, 15) is 8.42 Å². The molecule has 0 bridgehead atoms. The van der Waals surface area contributed by atoms with Crippen molar-refractivity contribution in [1.82, 2.24) is 0 Å². The minimum Gasteiger partial charge on any atom is -0.497 e. The Morgan fingerprint density at radius 1 is 1.00 bits per heavy atom. The number of rotatable bonds is 3. The van der Waals surface area contributed by atoms with Gasteiger partial charge in [-0.3, -0.25) is 0 Å². The van der Waals surface area contributed by atoms with Crippen LogP contribution in [0.4, 0.5) is 0 Å². The first kappa shape index (κ1) is 12.9. The summed E-state index contributed by atoms with van der Waals surface area (Å²) in [5.41, 5.74) is 1.65. The first-order valence-electron chi connectivity index (χ1n) is 5.20. The topological polar surface area (TPSA) is 43.4 Å². The van der Waals surface area contributed by atoms with E-state index in [1.165, 1.54) is 19.2 Å². The van der Waals surface area contributed by atoms with Crippen molar-refractivity contribution in [3.63, 3.8) is 0 Å². The van der Waals surface area contributed by atoms with Crippen LogP contribution in [0.1, 0.15) is 0 Å². The van der Waals surface area contributed by atoms with Gasteiger partial charge in [-0.2, -0.15) is 0 Å². The molecule has 0 N–H and O–H groups in total. The maximum Gasteiger partial charge on any atom is 0.261 e. The summed E-state index contributed by atoms with van der Waals surface area (Å²) in [6, 6.07) is 14.1. The molecular weight excluding hydrogens is 272 g/mol. The first-order valence-corrected chi connectivity index (χ1v) is 7.51. The van der Waals surface area contributed by atoms with Crippen molar-refractivity contribution >= 4 is 19.7 Å². The van der Waals surface area contributed by atoms with Gasteiger partial charge in [0.2, 0.25) is 0 Å². The highest BCUT2D eigenvalue weighted by molar-refractivity contribution is 8.13. The Morgan fingerprint density at radius 3 is 2.22 bits per heavy atom. The van der Waals surface area contributed by atoms with Crippen molar-refractivity contribution in [3.8, 4) is 16.9 Å². The lowest BCUT2D eigenvalue weighted by molar-refractivity contribution is 0.413. The lowest BCUT2D eigenvalue weighted by atomic mass is 10.1. The molecule has 94 valence electrons. The molecule has 0 aliphatic carbocycles. The molecule has 0 radical (unpaired) electrons. The number of methoxy groups -OCH3 is 1. The van der Waals surface area contributed by atoms with Gasteiger partial charge in [-0.25, -0.2) is 8.42 Å². The van der Waals surface area contributed by atoms with Gasteiger partial charge in [0.05, 0.1) is 12.0 Å². The minimum atomic E-state index is -3.77. The summed E-state index contributed by atoms with van der Waals surface area (Å²) < 4.78 is 27.9. The molecular formula is C13H11ClO3S. The Hall–Kier alpha value is -1.52. The Balaban J connectivity index is 2.62. The zero-order valence-corrected chi connectivity index (χ0v) is 11.2. The average Bonchev–Trinajstić information content (AvgIpc) is 2.38. The van der Waals surface area contributed by atoms with Crippen LogP contribution < -0.4 is 4.74 Å². The van der Waals surface area contributed by atoms with Gasteiger partial charge in [-0.15, -0.1) is 0 Å². The van der Waals surface area contributed by atoms with Crippen LogP contribution in [0.3, 0.4) is 0 Å². The van der Waals surface area contributed by atoms with E-state index in [0.29, 0.717) is 5.75 Å². The van der Waals surface area contributed by atoms with Crippen molar-refractivity contribution in [3.05, 3.63) is 48.5 Å². The number of hydrogen-bond donors (Lipinski definition) is 0. The summed E-state index contributed by atoms with van der Waals surface area (Å²) in [6.45, 7) is 0. The molecule has 0 spiro atoms. The molecule has 0 amide bonds. The zero-order chi connectivity index (χ0) is 13.2. The molecule has 18 heavy (non-hydrogen) atoms. The normalized spacial score (nSPS) is 11.2. The van der Waals surface area contributed by atoms with E-state index in [-0.39, 0.29) is 4.90 Å². The van der Waals surface area contributed by atoms with Crippen LogP contribution >= 0.6 is 10.7 Å². The predicted molar refractivity (Wildman–Crippen MR) is 71.5 cm³/mol. The summed E-state index contributed by atoms with van der Waals surface area (Å²) in [7, 11) is 3.07. The highest BCUT2D eigenvalue weighted by atomic mass is 35.7. The Morgan fingerprint density at radius 2 is 1.67 bits per heavy atom. The summed E-state index contributed by atoms with van der Waals surface area (Å²) in [5.74, 6) is 0.454. The van der Waals surface area contributed by atoms with Crippen molar-refractivity contribution in [1.29, 1.82) is 0 Å². The van der Waals surface area contributed by atoms with Gasteiger partial charge in [0.15, 0.2) is 0 Å². The quantitative estimate of drug-likeness (QED) is 0.812. The second-order valence-corrected chi connectivity index (χ2v) is 6.27. The molecule has 0 aliphatic heterocycles. The van der Waals surface area contributed by atoms with E-state index in [1.807, 2.05) is 30.3 Å². The van der Waals surface area contributed by atoms with Crippen molar-refractivity contribution in [2.75, 3.05) is 7.11 Å². The SMILES string of the molecule is COc1cc(-c2ccccc2)cc(S(=O)(=O)Cl)c1. The molecule has 0 fully saturated rings. The Bertz CT molecular complexity index is 651. The first-order chi connectivity index (χ1) is 8.50. The molecule has 0 aliphatic rings. The summed E-state index contributed by atoms with van der Waals surface area (Å²) in [4.78, 5) is 0.0300. The molecule has 0 saturated carbocycles. The second-order valence-electron chi connectivity index (χ2n) is 3.70.